The van der Waals surface area contributed by atoms with Gasteiger partial charge in [0.1, 0.15) is 10.5 Å². The molecule has 2 amide bonds. The summed E-state index contributed by atoms with van der Waals surface area (Å²) in [5.74, 6) is -0.118. The third kappa shape index (κ3) is 5.48. The summed E-state index contributed by atoms with van der Waals surface area (Å²) in [4.78, 5) is 25.2. The van der Waals surface area contributed by atoms with Crippen LogP contribution in [0.5, 0.6) is 0 Å². The second-order valence-corrected chi connectivity index (χ2v) is 9.02. The Labute approximate surface area is 155 Å². The minimum Gasteiger partial charge on any atom is -0.444 e. The summed E-state index contributed by atoms with van der Waals surface area (Å²) in [6, 6.07) is 1.86. The molecule has 0 unspecified atom stereocenters. The normalized spacial score (nSPS) is 17.2. The van der Waals surface area contributed by atoms with E-state index in [2.05, 4.69) is 26.6 Å². The second-order valence-electron chi connectivity index (χ2n) is 7.25. The molecule has 2 N–H and O–H groups in total. The number of amides is 2. The Balaban J connectivity index is 2.01. The van der Waals surface area contributed by atoms with Gasteiger partial charge in [-0.2, -0.15) is 0 Å². The van der Waals surface area contributed by atoms with Gasteiger partial charge in [0.2, 0.25) is 0 Å². The van der Waals surface area contributed by atoms with Crippen molar-refractivity contribution in [2.75, 3.05) is 6.54 Å². The Hall–Kier alpha value is -1.08. The van der Waals surface area contributed by atoms with Crippen molar-refractivity contribution in [1.29, 1.82) is 0 Å². The van der Waals surface area contributed by atoms with Crippen LogP contribution in [0, 0.1) is 0 Å². The van der Waals surface area contributed by atoms with E-state index in [4.69, 9.17) is 4.74 Å². The van der Waals surface area contributed by atoms with Crippen molar-refractivity contribution in [2.24, 2.45) is 0 Å². The number of halogens is 1. The Bertz CT molecular complexity index is 589. The van der Waals surface area contributed by atoms with E-state index in [-0.39, 0.29) is 5.91 Å². The first-order valence-corrected chi connectivity index (χ1v) is 9.90. The van der Waals surface area contributed by atoms with Crippen molar-refractivity contribution in [3.05, 3.63) is 20.8 Å². The van der Waals surface area contributed by atoms with Gasteiger partial charge in [-0.25, -0.2) is 4.79 Å². The highest BCUT2D eigenvalue weighted by Gasteiger charge is 2.35. The molecule has 1 aliphatic rings. The molecule has 0 spiro atoms. The third-order valence-electron chi connectivity index (χ3n) is 3.99. The van der Waals surface area contributed by atoms with Gasteiger partial charge in [-0.05, 0) is 61.0 Å². The largest absolute Gasteiger partial charge is 0.444 e. The Morgan fingerprint density at radius 1 is 1.29 bits per heavy atom. The lowest BCUT2D eigenvalue weighted by atomic mass is 9.81. The van der Waals surface area contributed by atoms with E-state index in [1.807, 2.05) is 32.2 Å². The summed E-state index contributed by atoms with van der Waals surface area (Å²) < 4.78 is 6.19. The molecule has 0 atom stereocenters. The SMILES string of the molecule is CC(C)(C)OC(=O)NC1(CNC(=O)c2sccc2Br)CCCCC1. The van der Waals surface area contributed by atoms with Gasteiger partial charge in [-0.3, -0.25) is 4.79 Å². The summed E-state index contributed by atoms with van der Waals surface area (Å²) in [7, 11) is 0. The van der Waals surface area contributed by atoms with Crippen molar-refractivity contribution >= 4 is 39.3 Å². The number of nitrogens with one attached hydrogen (secondary N) is 2. The highest BCUT2D eigenvalue weighted by atomic mass is 79.9. The van der Waals surface area contributed by atoms with Crippen LogP contribution in [0.2, 0.25) is 0 Å². The smallest absolute Gasteiger partial charge is 0.408 e. The van der Waals surface area contributed by atoms with Crippen LogP contribution in [-0.4, -0.2) is 29.7 Å². The molecule has 24 heavy (non-hydrogen) atoms. The standard InChI is InChI=1S/C17H25BrN2O3S/c1-16(2,3)23-15(22)20-17(8-5-4-6-9-17)11-19-14(21)13-12(18)7-10-24-13/h7,10H,4-6,8-9,11H2,1-3H3,(H,19,21)(H,20,22). The molecule has 5 nitrogen and oxygen atoms in total. The molecule has 1 heterocycles. The van der Waals surface area contributed by atoms with Crippen LogP contribution in [0.4, 0.5) is 4.79 Å². The average Bonchev–Trinajstić information content (AvgIpc) is 2.90. The summed E-state index contributed by atoms with van der Waals surface area (Å²) in [5, 5.41) is 7.87. The third-order valence-corrected chi connectivity index (χ3v) is 5.82. The zero-order valence-electron chi connectivity index (χ0n) is 14.4. The first kappa shape index (κ1) is 19.2. The highest BCUT2D eigenvalue weighted by molar-refractivity contribution is 9.10. The number of carbonyl (C=O) groups is 2. The van der Waals surface area contributed by atoms with Crippen LogP contribution >= 0.6 is 27.3 Å². The predicted octanol–water partition coefficient (Wildman–Crippen LogP) is 4.47. The van der Waals surface area contributed by atoms with Crippen molar-refractivity contribution < 1.29 is 14.3 Å². The average molecular weight is 417 g/mol. The fraction of sp³-hybridized carbons (Fsp3) is 0.647. The number of carbonyl (C=O) groups excluding carboxylic acids is 2. The molecule has 1 aromatic heterocycles. The molecule has 0 bridgehead atoms. The highest BCUT2D eigenvalue weighted by Crippen LogP contribution is 2.29. The fourth-order valence-electron chi connectivity index (χ4n) is 2.88. The zero-order chi connectivity index (χ0) is 17.8. The molecule has 0 aromatic carbocycles. The van der Waals surface area contributed by atoms with Crippen LogP contribution in [0.15, 0.2) is 15.9 Å². The minimum atomic E-state index is -0.537. The maximum absolute atomic E-state index is 12.4. The monoisotopic (exact) mass is 416 g/mol. The van der Waals surface area contributed by atoms with Crippen LogP contribution < -0.4 is 10.6 Å². The first-order valence-electron chi connectivity index (χ1n) is 8.23. The minimum absolute atomic E-state index is 0.118. The van der Waals surface area contributed by atoms with Gasteiger partial charge in [0, 0.05) is 11.0 Å². The predicted molar refractivity (Wildman–Crippen MR) is 99.5 cm³/mol. The number of hydrogen-bond acceptors (Lipinski definition) is 4. The van der Waals surface area contributed by atoms with Gasteiger partial charge in [0.25, 0.3) is 5.91 Å². The molecule has 1 aromatic rings. The van der Waals surface area contributed by atoms with Gasteiger partial charge < -0.3 is 15.4 Å². The summed E-state index contributed by atoms with van der Waals surface area (Å²) >= 11 is 4.77. The first-order chi connectivity index (χ1) is 11.2. The summed E-state index contributed by atoms with van der Waals surface area (Å²) in [6.45, 7) is 5.94. The number of hydrogen-bond donors (Lipinski definition) is 2. The van der Waals surface area contributed by atoms with Crippen LogP contribution in [-0.2, 0) is 4.74 Å². The lowest BCUT2D eigenvalue weighted by Gasteiger charge is -2.38. The van der Waals surface area contributed by atoms with Gasteiger partial charge in [0.05, 0.1) is 5.54 Å². The lowest BCUT2D eigenvalue weighted by Crippen LogP contribution is -2.57. The molecule has 0 radical (unpaired) electrons. The van der Waals surface area contributed by atoms with Gasteiger partial charge in [-0.1, -0.05) is 19.3 Å². The van der Waals surface area contributed by atoms with Gasteiger partial charge >= 0.3 is 6.09 Å². The van der Waals surface area contributed by atoms with E-state index in [0.29, 0.717) is 11.4 Å². The van der Waals surface area contributed by atoms with E-state index in [1.54, 1.807) is 0 Å². The van der Waals surface area contributed by atoms with Crippen molar-refractivity contribution in [3.63, 3.8) is 0 Å². The second kappa shape index (κ2) is 7.87. The fourth-order valence-corrected chi connectivity index (χ4v) is 4.35. The molecule has 1 aliphatic carbocycles. The van der Waals surface area contributed by atoms with E-state index in [0.717, 1.165) is 36.6 Å². The molecule has 1 saturated carbocycles. The summed E-state index contributed by atoms with van der Waals surface area (Å²) in [5.41, 5.74) is -0.967. The maximum Gasteiger partial charge on any atom is 0.408 e. The Morgan fingerprint density at radius 2 is 1.96 bits per heavy atom. The summed E-state index contributed by atoms with van der Waals surface area (Å²) in [6.07, 6.45) is 4.50. The van der Waals surface area contributed by atoms with E-state index >= 15 is 0 Å². The number of alkyl carbamates (subject to hydrolysis) is 1. The Kier molecular flexibility index (Phi) is 6.31. The van der Waals surface area contributed by atoms with Crippen molar-refractivity contribution in [2.45, 2.75) is 64.0 Å². The maximum atomic E-state index is 12.4. The molecule has 1 fully saturated rings. The lowest BCUT2D eigenvalue weighted by molar-refractivity contribution is 0.0419. The van der Waals surface area contributed by atoms with Crippen LogP contribution in [0.3, 0.4) is 0 Å². The molecular formula is C17H25BrN2O3S. The topological polar surface area (TPSA) is 67.4 Å². The number of rotatable bonds is 4. The zero-order valence-corrected chi connectivity index (χ0v) is 16.8. The van der Waals surface area contributed by atoms with Crippen molar-refractivity contribution in [1.82, 2.24) is 10.6 Å². The molecule has 7 heteroatoms. The Morgan fingerprint density at radius 3 is 2.50 bits per heavy atom. The number of ether oxygens (including phenoxy) is 1. The van der Waals surface area contributed by atoms with E-state index < -0.39 is 17.2 Å². The molecule has 2 rings (SSSR count). The van der Waals surface area contributed by atoms with Crippen molar-refractivity contribution in [3.8, 4) is 0 Å². The van der Waals surface area contributed by atoms with Crippen LogP contribution in [0.25, 0.3) is 0 Å². The molecule has 134 valence electrons. The van der Waals surface area contributed by atoms with Gasteiger partial charge in [-0.15, -0.1) is 11.3 Å². The molecular weight excluding hydrogens is 392 g/mol. The van der Waals surface area contributed by atoms with Gasteiger partial charge in [0.15, 0.2) is 0 Å². The number of thiophene rings is 1. The quantitative estimate of drug-likeness (QED) is 0.760. The molecule has 0 aliphatic heterocycles. The molecule has 0 saturated heterocycles. The van der Waals surface area contributed by atoms with E-state index in [9.17, 15) is 9.59 Å². The van der Waals surface area contributed by atoms with Crippen LogP contribution in [0.1, 0.15) is 62.5 Å². The van der Waals surface area contributed by atoms with E-state index in [1.165, 1.54) is 11.3 Å².